The maximum Gasteiger partial charge on any atom is 0.356 e. The molecule has 1 fully saturated rings. The van der Waals surface area contributed by atoms with E-state index in [4.69, 9.17) is 28.4 Å². The van der Waals surface area contributed by atoms with E-state index in [2.05, 4.69) is 19.8 Å². The van der Waals surface area contributed by atoms with Gasteiger partial charge >= 0.3 is 11.9 Å². The first-order chi connectivity index (χ1) is 21.5. The van der Waals surface area contributed by atoms with E-state index in [-0.39, 0.29) is 24.6 Å². The second kappa shape index (κ2) is 22.5. The SMILES string of the molecule is CC.COC(=O)c1cccc(CN2CCOCCOCCN(Cc3cccc(C(=O)OC)n3)CCOC(CO)COCC2)n1. The maximum atomic E-state index is 11.9. The van der Waals surface area contributed by atoms with Crippen LogP contribution < -0.4 is 0 Å². The molecule has 1 unspecified atom stereocenters. The predicted octanol–water partition coefficient (Wildman–Crippen LogP) is 1.82. The molecule has 13 nitrogen and oxygen atoms in total. The zero-order chi connectivity index (χ0) is 32.0. The summed E-state index contributed by atoms with van der Waals surface area (Å²) < 4.78 is 32.9. The van der Waals surface area contributed by atoms with E-state index >= 15 is 0 Å². The highest BCUT2D eigenvalue weighted by atomic mass is 16.5. The third kappa shape index (κ3) is 14.2. The number of ether oxygens (including phenoxy) is 6. The Labute approximate surface area is 260 Å². The summed E-state index contributed by atoms with van der Waals surface area (Å²) in [6.07, 6.45) is -0.474. The Balaban J connectivity index is 0.00000330. The predicted molar refractivity (Wildman–Crippen MR) is 162 cm³/mol. The van der Waals surface area contributed by atoms with Crippen LogP contribution in [0.1, 0.15) is 46.2 Å². The highest BCUT2D eigenvalue weighted by Gasteiger charge is 2.15. The smallest absolute Gasteiger partial charge is 0.356 e. The van der Waals surface area contributed by atoms with Gasteiger partial charge in [-0.05, 0) is 24.3 Å². The molecule has 3 heterocycles. The van der Waals surface area contributed by atoms with E-state index in [9.17, 15) is 14.7 Å². The van der Waals surface area contributed by atoms with Gasteiger partial charge in [-0.25, -0.2) is 19.6 Å². The van der Waals surface area contributed by atoms with Crippen molar-refractivity contribution in [3.05, 3.63) is 59.2 Å². The number of aliphatic hydroxyl groups is 1. The Hall–Kier alpha value is -3.04. The number of nitrogens with zero attached hydrogens (tertiary/aromatic N) is 4. The van der Waals surface area contributed by atoms with Crippen molar-refractivity contribution >= 4 is 11.9 Å². The Morgan fingerprint density at radius 3 is 1.66 bits per heavy atom. The van der Waals surface area contributed by atoms with Crippen molar-refractivity contribution in [1.29, 1.82) is 0 Å². The number of aliphatic hydroxyl groups excluding tert-OH is 1. The van der Waals surface area contributed by atoms with Crippen LogP contribution in [-0.2, 0) is 41.5 Å². The van der Waals surface area contributed by atoms with Crippen molar-refractivity contribution in [1.82, 2.24) is 19.8 Å². The highest BCUT2D eigenvalue weighted by molar-refractivity contribution is 5.87. The largest absolute Gasteiger partial charge is 0.464 e. The minimum Gasteiger partial charge on any atom is -0.464 e. The molecule has 0 radical (unpaired) electrons. The van der Waals surface area contributed by atoms with E-state index in [1.807, 2.05) is 26.0 Å². The minimum atomic E-state index is -0.485. The first kappa shape index (κ1) is 37.1. The molecule has 1 saturated heterocycles. The molecule has 2 aromatic heterocycles. The Bertz CT molecular complexity index is 1090. The van der Waals surface area contributed by atoms with Crippen molar-refractivity contribution in [3.8, 4) is 0 Å². The molecule has 0 aromatic carbocycles. The number of aromatic nitrogens is 2. The lowest BCUT2D eigenvalue weighted by Gasteiger charge is -2.25. The highest BCUT2D eigenvalue weighted by Crippen LogP contribution is 2.08. The van der Waals surface area contributed by atoms with Gasteiger partial charge in [0.25, 0.3) is 0 Å². The third-order valence-corrected chi connectivity index (χ3v) is 6.47. The van der Waals surface area contributed by atoms with Crippen LogP contribution in [0.2, 0.25) is 0 Å². The molecule has 0 amide bonds. The van der Waals surface area contributed by atoms with Crippen molar-refractivity contribution in [3.63, 3.8) is 0 Å². The molecule has 0 aliphatic carbocycles. The summed E-state index contributed by atoms with van der Waals surface area (Å²) in [4.78, 5) is 36.8. The summed E-state index contributed by atoms with van der Waals surface area (Å²) in [6.45, 7) is 10.1. The molecule has 0 spiro atoms. The molecule has 1 aliphatic rings. The van der Waals surface area contributed by atoms with Gasteiger partial charge in [-0.2, -0.15) is 0 Å². The van der Waals surface area contributed by atoms with Gasteiger partial charge in [0.2, 0.25) is 0 Å². The standard InChI is InChI=1S/C29H42N4O9.C2H6/c1-37-28(35)26-7-3-5-23(30-26)19-32-9-13-39-17-18-40-14-10-33(12-16-42-25(21-34)22-41-15-11-32)20-24-6-4-8-27(31-24)29(36)38-2;1-2/h3-8,25,34H,9-22H2,1-2H3;1-2H3. The second-order valence-electron chi connectivity index (χ2n) is 9.54. The van der Waals surface area contributed by atoms with Crippen LogP contribution >= 0.6 is 0 Å². The molecule has 246 valence electrons. The molecular weight excluding hydrogens is 572 g/mol. The van der Waals surface area contributed by atoms with Crippen molar-refractivity contribution in [2.75, 3.05) is 93.3 Å². The van der Waals surface area contributed by atoms with Gasteiger partial charge in [-0.15, -0.1) is 0 Å². The zero-order valence-corrected chi connectivity index (χ0v) is 26.4. The number of pyridine rings is 2. The van der Waals surface area contributed by atoms with E-state index in [0.29, 0.717) is 78.9 Å². The molecule has 0 bridgehead atoms. The summed E-state index contributed by atoms with van der Waals surface area (Å²) in [5, 5.41) is 9.83. The molecule has 2 aromatic rings. The van der Waals surface area contributed by atoms with E-state index < -0.39 is 18.0 Å². The first-order valence-electron chi connectivity index (χ1n) is 15.0. The summed E-state index contributed by atoms with van der Waals surface area (Å²) in [5.74, 6) is -0.965. The molecule has 44 heavy (non-hydrogen) atoms. The zero-order valence-electron chi connectivity index (χ0n) is 26.4. The quantitative estimate of drug-likeness (QED) is 0.450. The number of esters is 2. The first-order valence-corrected chi connectivity index (χ1v) is 15.0. The third-order valence-electron chi connectivity index (χ3n) is 6.47. The van der Waals surface area contributed by atoms with Crippen molar-refractivity contribution in [2.45, 2.75) is 33.0 Å². The van der Waals surface area contributed by atoms with Crippen LogP contribution in [-0.4, -0.2) is 136 Å². The number of carbonyl (C=O) groups excluding carboxylic acids is 2. The van der Waals surface area contributed by atoms with Crippen LogP contribution in [0.3, 0.4) is 0 Å². The molecule has 13 heteroatoms. The topological polar surface area (TPSA) is 142 Å². The lowest BCUT2D eigenvalue weighted by atomic mass is 10.2. The van der Waals surface area contributed by atoms with Crippen LogP contribution in [0.25, 0.3) is 0 Å². The monoisotopic (exact) mass is 620 g/mol. The Kier molecular flexibility index (Phi) is 19.0. The number of hydrogen-bond acceptors (Lipinski definition) is 13. The number of methoxy groups -OCH3 is 2. The fraction of sp³-hybridized carbons (Fsp3) is 0.613. The van der Waals surface area contributed by atoms with Gasteiger partial charge < -0.3 is 33.5 Å². The van der Waals surface area contributed by atoms with Crippen LogP contribution in [0, 0.1) is 0 Å². The van der Waals surface area contributed by atoms with E-state index in [1.54, 1.807) is 24.3 Å². The normalized spacial score (nSPS) is 18.6. The number of rotatable bonds is 7. The van der Waals surface area contributed by atoms with Crippen molar-refractivity contribution < 1.29 is 43.1 Å². The summed E-state index contributed by atoms with van der Waals surface area (Å²) in [5.41, 5.74) is 1.97. The van der Waals surface area contributed by atoms with Gasteiger partial charge in [-0.3, -0.25) is 9.80 Å². The molecule has 1 N–H and O–H groups in total. The summed E-state index contributed by atoms with van der Waals surface area (Å²) >= 11 is 0. The molecule has 1 atom stereocenters. The Morgan fingerprint density at radius 1 is 0.750 bits per heavy atom. The lowest BCUT2D eigenvalue weighted by molar-refractivity contribution is -0.0535. The van der Waals surface area contributed by atoms with Gasteiger partial charge in [0.1, 0.15) is 17.5 Å². The summed E-state index contributed by atoms with van der Waals surface area (Å²) in [7, 11) is 2.65. The van der Waals surface area contributed by atoms with Gasteiger partial charge in [0.15, 0.2) is 0 Å². The molecular formula is C31H48N4O9. The molecule has 3 rings (SSSR count). The average molecular weight is 621 g/mol. The van der Waals surface area contributed by atoms with Crippen LogP contribution in [0.5, 0.6) is 0 Å². The van der Waals surface area contributed by atoms with E-state index in [0.717, 1.165) is 11.4 Å². The van der Waals surface area contributed by atoms with Gasteiger partial charge in [-0.1, -0.05) is 26.0 Å². The molecule has 1 aliphatic heterocycles. The maximum absolute atomic E-state index is 11.9. The van der Waals surface area contributed by atoms with Crippen LogP contribution in [0.4, 0.5) is 0 Å². The van der Waals surface area contributed by atoms with Crippen molar-refractivity contribution in [2.24, 2.45) is 0 Å². The van der Waals surface area contributed by atoms with Gasteiger partial charge in [0.05, 0.1) is 78.5 Å². The fourth-order valence-corrected chi connectivity index (χ4v) is 4.19. The van der Waals surface area contributed by atoms with Crippen LogP contribution in [0.15, 0.2) is 36.4 Å². The number of carbonyl (C=O) groups is 2. The summed E-state index contributed by atoms with van der Waals surface area (Å²) in [6, 6.07) is 10.5. The van der Waals surface area contributed by atoms with Gasteiger partial charge in [0, 0.05) is 39.3 Å². The second-order valence-corrected chi connectivity index (χ2v) is 9.54. The molecule has 0 saturated carbocycles. The minimum absolute atomic E-state index is 0.173. The number of hydrogen-bond donors (Lipinski definition) is 1. The fourth-order valence-electron chi connectivity index (χ4n) is 4.19. The lowest BCUT2D eigenvalue weighted by Crippen LogP contribution is -2.35. The average Bonchev–Trinajstić information content (AvgIpc) is 3.06. The Morgan fingerprint density at radius 2 is 1.20 bits per heavy atom. The van der Waals surface area contributed by atoms with E-state index in [1.165, 1.54) is 14.2 Å².